The lowest BCUT2D eigenvalue weighted by atomic mass is 10.1. The smallest absolute Gasteiger partial charge is 0.335 e. The summed E-state index contributed by atoms with van der Waals surface area (Å²) in [5, 5.41) is 11.8. The van der Waals surface area contributed by atoms with E-state index >= 15 is 0 Å². The molecule has 1 aliphatic rings. The standard InChI is InChI=1S/C20H21FN2O4/c1-13-11-23(12-18(27-13)15-6-8-17(21)9-7-15)20(26)22-10-14-2-4-16(5-3-14)19(24)25/h2-9,13,18H,10-12H2,1H3,(H,22,26)(H,24,25). The molecule has 1 saturated heterocycles. The van der Waals surface area contributed by atoms with Crippen molar-refractivity contribution in [2.75, 3.05) is 13.1 Å². The van der Waals surface area contributed by atoms with E-state index in [-0.39, 0.29) is 29.6 Å². The van der Waals surface area contributed by atoms with Crippen molar-refractivity contribution in [1.82, 2.24) is 10.2 Å². The summed E-state index contributed by atoms with van der Waals surface area (Å²) >= 11 is 0. The summed E-state index contributed by atoms with van der Waals surface area (Å²) in [7, 11) is 0. The van der Waals surface area contributed by atoms with Crippen LogP contribution in [-0.4, -0.2) is 41.2 Å². The largest absolute Gasteiger partial charge is 0.478 e. The lowest BCUT2D eigenvalue weighted by molar-refractivity contribution is -0.0657. The molecule has 0 radical (unpaired) electrons. The SMILES string of the molecule is CC1CN(C(=O)NCc2ccc(C(=O)O)cc2)CC(c2ccc(F)cc2)O1. The number of morpholine rings is 1. The van der Waals surface area contributed by atoms with E-state index in [4.69, 9.17) is 9.84 Å². The second kappa shape index (κ2) is 8.18. The van der Waals surface area contributed by atoms with Crippen molar-refractivity contribution in [1.29, 1.82) is 0 Å². The average molecular weight is 372 g/mol. The first-order chi connectivity index (χ1) is 12.9. The highest BCUT2D eigenvalue weighted by Gasteiger charge is 2.29. The second-order valence-corrected chi connectivity index (χ2v) is 6.55. The van der Waals surface area contributed by atoms with Crippen LogP contribution in [0.5, 0.6) is 0 Å². The summed E-state index contributed by atoms with van der Waals surface area (Å²) in [6.07, 6.45) is -0.454. The topological polar surface area (TPSA) is 78.9 Å². The van der Waals surface area contributed by atoms with Crippen molar-refractivity contribution < 1.29 is 23.8 Å². The van der Waals surface area contributed by atoms with Crippen LogP contribution >= 0.6 is 0 Å². The van der Waals surface area contributed by atoms with E-state index in [1.807, 2.05) is 6.92 Å². The van der Waals surface area contributed by atoms with Crippen LogP contribution in [0.2, 0.25) is 0 Å². The van der Waals surface area contributed by atoms with E-state index in [1.54, 1.807) is 29.2 Å². The Morgan fingerprint density at radius 3 is 2.44 bits per heavy atom. The zero-order valence-corrected chi connectivity index (χ0v) is 14.9. The third-order valence-electron chi connectivity index (χ3n) is 4.43. The Morgan fingerprint density at radius 1 is 1.15 bits per heavy atom. The highest BCUT2D eigenvalue weighted by atomic mass is 19.1. The van der Waals surface area contributed by atoms with Gasteiger partial charge in [-0.25, -0.2) is 14.0 Å². The molecule has 2 atom stereocenters. The Labute approximate surface area is 156 Å². The third-order valence-corrected chi connectivity index (χ3v) is 4.43. The van der Waals surface area contributed by atoms with E-state index in [2.05, 4.69) is 5.32 Å². The Bertz CT molecular complexity index is 808. The number of halogens is 1. The molecule has 2 amide bonds. The number of carboxylic acids is 1. The van der Waals surface area contributed by atoms with Crippen LogP contribution in [0.4, 0.5) is 9.18 Å². The Morgan fingerprint density at radius 2 is 1.81 bits per heavy atom. The first-order valence-corrected chi connectivity index (χ1v) is 8.68. The predicted octanol–water partition coefficient (Wildman–Crippen LogP) is 3.20. The molecule has 3 rings (SSSR count). The van der Waals surface area contributed by atoms with Gasteiger partial charge in [0.15, 0.2) is 0 Å². The normalized spacial score (nSPS) is 19.6. The second-order valence-electron chi connectivity index (χ2n) is 6.55. The molecule has 7 heteroatoms. The number of amides is 2. The van der Waals surface area contributed by atoms with Crippen LogP contribution in [0.15, 0.2) is 48.5 Å². The number of rotatable bonds is 4. The summed E-state index contributed by atoms with van der Waals surface area (Å²) in [5.74, 6) is -1.30. The molecule has 2 aromatic rings. The molecule has 2 aromatic carbocycles. The van der Waals surface area contributed by atoms with Gasteiger partial charge < -0.3 is 20.1 Å². The summed E-state index contributed by atoms with van der Waals surface area (Å²) in [5.41, 5.74) is 1.84. The van der Waals surface area contributed by atoms with Crippen molar-refractivity contribution in [2.24, 2.45) is 0 Å². The number of carboxylic acid groups (broad SMARTS) is 1. The fourth-order valence-corrected chi connectivity index (χ4v) is 3.03. The van der Waals surface area contributed by atoms with Crippen LogP contribution in [-0.2, 0) is 11.3 Å². The summed E-state index contributed by atoms with van der Waals surface area (Å²) in [6.45, 7) is 3.02. The van der Waals surface area contributed by atoms with Gasteiger partial charge in [-0.05, 0) is 42.3 Å². The maximum Gasteiger partial charge on any atom is 0.335 e. The van der Waals surface area contributed by atoms with E-state index in [0.717, 1.165) is 11.1 Å². The minimum atomic E-state index is -0.986. The molecule has 0 saturated carbocycles. The summed E-state index contributed by atoms with van der Waals surface area (Å²) < 4.78 is 19.0. The molecule has 6 nitrogen and oxygen atoms in total. The maximum atomic E-state index is 13.1. The van der Waals surface area contributed by atoms with Gasteiger partial charge in [0.2, 0.25) is 0 Å². The minimum absolute atomic E-state index is 0.144. The molecule has 0 bridgehead atoms. The van der Waals surface area contributed by atoms with Gasteiger partial charge in [-0.2, -0.15) is 0 Å². The number of benzene rings is 2. The third kappa shape index (κ3) is 4.83. The highest BCUT2D eigenvalue weighted by Crippen LogP contribution is 2.25. The quantitative estimate of drug-likeness (QED) is 0.864. The predicted molar refractivity (Wildman–Crippen MR) is 96.9 cm³/mol. The van der Waals surface area contributed by atoms with Gasteiger partial charge in [0.1, 0.15) is 11.9 Å². The van der Waals surface area contributed by atoms with Crippen LogP contribution in [0, 0.1) is 5.82 Å². The number of hydrogen-bond donors (Lipinski definition) is 2. The molecular formula is C20H21FN2O4. The number of nitrogens with one attached hydrogen (secondary N) is 1. The number of carbonyl (C=O) groups is 2. The minimum Gasteiger partial charge on any atom is -0.478 e. The van der Waals surface area contributed by atoms with Crippen LogP contribution in [0.1, 0.15) is 34.5 Å². The average Bonchev–Trinajstić information content (AvgIpc) is 2.66. The van der Waals surface area contributed by atoms with Crippen LogP contribution in [0.25, 0.3) is 0 Å². The molecule has 0 aromatic heterocycles. The van der Waals surface area contributed by atoms with Crippen molar-refractivity contribution >= 4 is 12.0 Å². The van der Waals surface area contributed by atoms with E-state index in [0.29, 0.717) is 19.6 Å². The molecular weight excluding hydrogens is 351 g/mol. The Balaban J connectivity index is 1.60. The van der Waals surface area contributed by atoms with Gasteiger partial charge in [-0.1, -0.05) is 24.3 Å². The van der Waals surface area contributed by atoms with Crippen LogP contribution in [0.3, 0.4) is 0 Å². The molecule has 142 valence electrons. The van der Waals surface area contributed by atoms with Gasteiger partial charge in [-0.3, -0.25) is 0 Å². The molecule has 2 unspecified atom stereocenters. The lowest BCUT2D eigenvalue weighted by Gasteiger charge is -2.37. The summed E-state index contributed by atoms with van der Waals surface area (Å²) in [6, 6.07) is 12.2. The first kappa shape index (κ1) is 18.8. The van der Waals surface area contributed by atoms with Crippen molar-refractivity contribution in [3.63, 3.8) is 0 Å². The van der Waals surface area contributed by atoms with E-state index in [9.17, 15) is 14.0 Å². The number of aromatic carboxylic acids is 1. The van der Waals surface area contributed by atoms with Crippen LogP contribution < -0.4 is 5.32 Å². The number of hydrogen-bond acceptors (Lipinski definition) is 3. The summed E-state index contributed by atoms with van der Waals surface area (Å²) in [4.78, 5) is 25.1. The van der Waals surface area contributed by atoms with Crippen molar-refractivity contribution in [3.8, 4) is 0 Å². The Kier molecular flexibility index (Phi) is 5.71. The number of urea groups is 1. The fraction of sp³-hybridized carbons (Fsp3) is 0.300. The molecule has 0 aliphatic carbocycles. The fourth-order valence-electron chi connectivity index (χ4n) is 3.03. The van der Waals surface area contributed by atoms with Gasteiger partial charge in [0.25, 0.3) is 0 Å². The molecule has 27 heavy (non-hydrogen) atoms. The molecule has 2 N–H and O–H groups in total. The zero-order chi connectivity index (χ0) is 19.4. The number of nitrogens with zero attached hydrogens (tertiary/aromatic N) is 1. The molecule has 1 fully saturated rings. The lowest BCUT2D eigenvalue weighted by Crippen LogP contribution is -2.49. The van der Waals surface area contributed by atoms with Gasteiger partial charge in [0.05, 0.1) is 18.2 Å². The number of ether oxygens (including phenoxy) is 1. The first-order valence-electron chi connectivity index (χ1n) is 8.68. The van der Waals surface area contributed by atoms with Gasteiger partial charge in [-0.15, -0.1) is 0 Å². The zero-order valence-electron chi connectivity index (χ0n) is 14.9. The molecule has 1 aliphatic heterocycles. The van der Waals surface area contributed by atoms with E-state index < -0.39 is 5.97 Å². The molecule has 0 spiro atoms. The monoisotopic (exact) mass is 372 g/mol. The molecule has 1 heterocycles. The van der Waals surface area contributed by atoms with E-state index in [1.165, 1.54) is 24.3 Å². The Hall–Kier alpha value is -2.93. The van der Waals surface area contributed by atoms with Crippen molar-refractivity contribution in [3.05, 3.63) is 71.0 Å². The van der Waals surface area contributed by atoms with Gasteiger partial charge >= 0.3 is 12.0 Å². The maximum absolute atomic E-state index is 13.1. The van der Waals surface area contributed by atoms with Gasteiger partial charge in [0, 0.05) is 13.1 Å². The highest BCUT2D eigenvalue weighted by molar-refractivity contribution is 5.87. The van der Waals surface area contributed by atoms with Crippen molar-refractivity contribution in [2.45, 2.75) is 25.7 Å². The number of carbonyl (C=O) groups excluding carboxylic acids is 1.